The van der Waals surface area contributed by atoms with Gasteiger partial charge in [0.1, 0.15) is 0 Å². The van der Waals surface area contributed by atoms with Crippen molar-refractivity contribution in [2.24, 2.45) is 0 Å². The number of carbonyl (C=O) groups is 2. The van der Waals surface area contributed by atoms with E-state index in [1.54, 1.807) is 0 Å². The van der Waals surface area contributed by atoms with Crippen LogP contribution in [0.2, 0.25) is 0 Å². The van der Waals surface area contributed by atoms with Gasteiger partial charge in [0.25, 0.3) is 0 Å². The van der Waals surface area contributed by atoms with E-state index in [1.165, 1.54) is 12.8 Å². The fourth-order valence-corrected chi connectivity index (χ4v) is 1.81. The van der Waals surface area contributed by atoms with Gasteiger partial charge in [0.05, 0.1) is 0 Å². The van der Waals surface area contributed by atoms with Crippen LogP contribution >= 0.6 is 20.2 Å². The monoisotopic (exact) mass is 351 g/mol. The molecule has 0 bridgehead atoms. The molecule has 7 heteroatoms. The predicted molar refractivity (Wildman–Crippen MR) is 74.7 cm³/mol. The standard InChI is InChI=1S/2C6H11NO.2ClH.Mn/c2*8-6-4-2-1-3-5-7-6;;;/h2*1-5H2,(H,7,8);2*1H;/q;;;;+2/p-2. The second kappa shape index (κ2) is 14.4. The van der Waals surface area contributed by atoms with Gasteiger partial charge >= 0.3 is 33.3 Å². The molecule has 0 spiro atoms. The van der Waals surface area contributed by atoms with Crippen LogP contribution in [0.25, 0.3) is 0 Å². The maximum absolute atomic E-state index is 10.6. The van der Waals surface area contributed by atoms with Crippen LogP contribution in [-0.4, -0.2) is 24.9 Å². The van der Waals surface area contributed by atoms with Crippen molar-refractivity contribution in [1.82, 2.24) is 10.6 Å². The average Bonchev–Trinajstić information content (AvgIpc) is 2.75. The Hall–Kier alpha value is 0.0395. The first kappa shape index (κ1) is 19.0. The average molecular weight is 352 g/mol. The van der Waals surface area contributed by atoms with Crippen LogP contribution in [0.15, 0.2) is 0 Å². The van der Waals surface area contributed by atoms with Crippen molar-refractivity contribution < 1.29 is 22.7 Å². The Kier molecular flexibility index (Phi) is 14.5. The van der Waals surface area contributed by atoms with E-state index in [1.807, 2.05) is 0 Å². The molecule has 113 valence electrons. The molecule has 0 saturated carbocycles. The zero-order chi connectivity index (χ0) is 14.3. The first-order valence-electron chi connectivity index (χ1n) is 6.61. The van der Waals surface area contributed by atoms with Crippen LogP contribution in [0.4, 0.5) is 0 Å². The summed E-state index contributed by atoms with van der Waals surface area (Å²) >= 11 is 0.00694. The molecule has 0 unspecified atom stereocenters. The number of amides is 2. The van der Waals surface area contributed by atoms with Crippen LogP contribution < -0.4 is 10.6 Å². The van der Waals surface area contributed by atoms with Crippen molar-refractivity contribution in [3.05, 3.63) is 0 Å². The first-order valence-corrected chi connectivity index (χ1v) is 9.86. The van der Waals surface area contributed by atoms with Gasteiger partial charge in [-0.25, -0.2) is 0 Å². The molecular formula is C12H22Cl2MnN2O2. The van der Waals surface area contributed by atoms with Gasteiger partial charge in [0.2, 0.25) is 11.8 Å². The number of halogens is 2. The molecular weight excluding hydrogens is 330 g/mol. The Bertz CT molecular complexity index is 212. The normalized spacial score (nSPS) is 19.3. The number of nitrogens with one attached hydrogen (secondary N) is 2. The van der Waals surface area contributed by atoms with Crippen molar-refractivity contribution in [2.75, 3.05) is 13.1 Å². The summed E-state index contributed by atoms with van der Waals surface area (Å²) in [7, 11) is 9.59. The van der Waals surface area contributed by atoms with Crippen molar-refractivity contribution >= 4 is 32.0 Å². The SMILES string of the molecule is O=C1CCCCCN1.O=C1CCCCCN1.[Cl][Mn][Cl]. The van der Waals surface area contributed by atoms with E-state index in [2.05, 4.69) is 10.6 Å². The number of rotatable bonds is 0. The van der Waals surface area contributed by atoms with Gasteiger partial charge in [-0.2, -0.15) is 0 Å². The van der Waals surface area contributed by atoms with E-state index in [9.17, 15) is 9.59 Å². The Labute approximate surface area is 130 Å². The van der Waals surface area contributed by atoms with E-state index < -0.39 is 0 Å². The molecule has 0 radical (unpaired) electrons. The zero-order valence-electron chi connectivity index (χ0n) is 11.0. The van der Waals surface area contributed by atoms with Crippen molar-refractivity contribution in [1.29, 1.82) is 0 Å². The number of carbonyl (C=O) groups excluding carboxylic acids is 2. The molecule has 2 heterocycles. The van der Waals surface area contributed by atoms with Gasteiger partial charge in [-0.3, -0.25) is 9.59 Å². The van der Waals surface area contributed by atoms with E-state index in [0.717, 1.165) is 51.6 Å². The number of hydrogen-bond donors (Lipinski definition) is 2. The Morgan fingerprint density at radius 1 is 0.737 bits per heavy atom. The molecule has 2 aliphatic rings. The van der Waals surface area contributed by atoms with E-state index in [0.29, 0.717) is 0 Å². The molecule has 0 atom stereocenters. The third-order valence-electron chi connectivity index (χ3n) is 2.81. The minimum atomic E-state index is 0.00694. The summed E-state index contributed by atoms with van der Waals surface area (Å²) in [5.74, 6) is 0.449. The zero-order valence-corrected chi connectivity index (χ0v) is 13.7. The Morgan fingerprint density at radius 2 is 1.11 bits per heavy atom. The summed E-state index contributed by atoms with van der Waals surface area (Å²) in [6.45, 7) is 1.78. The molecule has 2 aliphatic heterocycles. The van der Waals surface area contributed by atoms with Crippen LogP contribution in [0.5, 0.6) is 0 Å². The molecule has 4 nitrogen and oxygen atoms in total. The predicted octanol–water partition coefficient (Wildman–Crippen LogP) is 2.73. The molecule has 0 aromatic carbocycles. The molecule has 0 aliphatic carbocycles. The molecule has 19 heavy (non-hydrogen) atoms. The Morgan fingerprint density at radius 3 is 1.47 bits per heavy atom. The van der Waals surface area contributed by atoms with Crippen molar-refractivity contribution in [3.8, 4) is 0 Å². The summed E-state index contributed by atoms with van der Waals surface area (Å²) in [6, 6.07) is 0. The number of hydrogen-bond acceptors (Lipinski definition) is 2. The molecule has 0 aromatic heterocycles. The van der Waals surface area contributed by atoms with Crippen LogP contribution in [-0.2, 0) is 22.7 Å². The quantitative estimate of drug-likeness (QED) is 0.659. The summed E-state index contributed by atoms with van der Waals surface area (Å²) in [5.41, 5.74) is 0. The Balaban J connectivity index is 0.000000284. The fraction of sp³-hybridized carbons (Fsp3) is 0.833. The van der Waals surface area contributed by atoms with E-state index >= 15 is 0 Å². The summed E-state index contributed by atoms with van der Waals surface area (Å²) < 4.78 is 0. The minimum absolute atomic E-state index is 0.00694. The van der Waals surface area contributed by atoms with Gasteiger partial charge in [0, 0.05) is 25.9 Å². The molecule has 2 amide bonds. The van der Waals surface area contributed by atoms with Crippen LogP contribution in [0.1, 0.15) is 51.4 Å². The van der Waals surface area contributed by atoms with E-state index in [4.69, 9.17) is 20.2 Å². The van der Waals surface area contributed by atoms with Gasteiger partial charge in [-0.15, -0.1) is 0 Å². The van der Waals surface area contributed by atoms with Crippen LogP contribution in [0.3, 0.4) is 0 Å². The third kappa shape index (κ3) is 14.3. The van der Waals surface area contributed by atoms with Gasteiger partial charge < -0.3 is 10.6 Å². The molecule has 2 rings (SSSR count). The summed E-state index contributed by atoms with van der Waals surface area (Å²) in [6.07, 6.45) is 8.35. The molecule has 2 saturated heterocycles. The van der Waals surface area contributed by atoms with Gasteiger partial charge in [0.15, 0.2) is 0 Å². The second-order valence-corrected chi connectivity index (χ2v) is 6.32. The maximum atomic E-state index is 10.6. The van der Waals surface area contributed by atoms with Crippen molar-refractivity contribution in [3.63, 3.8) is 0 Å². The first-order chi connectivity index (χ1) is 9.20. The van der Waals surface area contributed by atoms with Gasteiger partial charge in [-0.05, 0) is 25.7 Å². The topological polar surface area (TPSA) is 58.2 Å². The third-order valence-corrected chi connectivity index (χ3v) is 2.81. The molecule has 0 aromatic rings. The van der Waals surface area contributed by atoms with E-state index in [-0.39, 0.29) is 24.9 Å². The van der Waals surface area contributed by atoms with Crippen molar-refractivity contribution in [2.45, 2.75) is 51.4 Å². The second-order valence-electron chi connectivity index (χ2n) is 4.38. The van der Waals surface area contributed by atoms with Crippen LogP contribution in [0, 0.1) is 0 Å². The van der Waals surface area contributed by atoms with Gasteiger partial charge in [-0.1, -0.05) is 12.8 Å². The summed E-state index contributed by atoms with van der Waals surface area (Å²) in [4.78, 5) is 21.1. The molecule has 2 fully saturated rings. The molecule has 2 N–H and O–H groups in total. The fourth-order valence-electron chi connectivity index (χ4n) is 1.81. The summed E-state index contributed by atoms with van der Waals surface area (Å²) in [5, 5.41) is 5.61.